The van der Waals surface area contributed by atoms with Gasteiger partial charge in [-0.3, -0.25) is 9.59 Å². The maximum absolute atomic E-state index is 12.5. The topological polar surface area (TPSA) is 80.3 Å². The van der Waals surface area contributed by atoms with Crippen molar-refractivity contribution < 1.29 is 14.3 Å². The number of carbonyl (C=O) groups excluding carboxylic acids is 2. The first-order valence-electron chi connectivity index (χ1n) is 10.0. The summed E-state index contributed by atoms with van der Waals surface area (Å²) in [5.41, 5.74) is 2.39. The molecule has 1 aromatic heterocycles. The van der Waals surface area contributed by atoms with Crippen molar-refractivity contribution >= 4 is 46.5 Å². The van der Waals surface area contributed by atoms with Gasteiger partial charge in [-0.2, -0.15) is 0 Å². The molecule has 6 nitrogen and oxygen atoms in total. The minimum absolute atomic E-state index is 0.000908. The number of hydrogen-bond acceptors (Lipinski definition) is 5. The second-order valence-electron chi connectivity index (χ2n) is 7.33. The Balaban J connectivity index is 1.67. The summed E-state index contributed by atoms with van der Waals surface area (Å²) in [5, 5.41) is 8.82. The van der Waals surface area contributed by atoms with Crippen LogP contribution in [0.25, 0.3) is 6.08 Å². The van der Waals surface area contributed by atoms with Gasteiger partial charge in [-0.1, -0.05) is 29.8 Å². The number of amides is 2. The third-order valence-corrected chi connectivity index (χ3v) is 5.43. The fourth-order valence-corrected chi connectivity index (χ4v) is 3.59. The van der Waals surface area contributed by atoms with Crippen LogP contribution in [0.15, 0.2) is 53.9 Å². The van der Waals surface area contributed by atoms with Gasteiger partial charge >= 0.3 is 0 Å². The molecule has 8 heteroatoms. The van der Waals surface area contributed by atoms with Gasteiger partial charge in [0.05, 0.1) is 21.4 Å². The molecule has 0 fully saturated rings. The third-order valence-electron chi connectivity index (χ3n) is 4.28. The molecule has 0 bridgehead atoms. The van der Waals surface area contributed by atoms with Gasteiger partial charge in [-0.25, -0.2) is 4.98 Å². The van der Waals surface area contributed by atoms with Gasteiger partial charge < -0.3 is 15.4 Å². The molecule has 0 saturated heterocycles. The van der Waals surface area contributed by atoms with Crippen molar-refractivity contribution in [3.63, 3.8) is 0 Å². The Hall–Kier alpha value is -3.16. The molecule has 2 amide bonds. The van der Waals surface area contributed by atoms with Gasteiger partial charge in [0.2, 0.25) is 5.91 Å². The van der Waals surface area contributed by atoms with Crippen LogP contribution in [0.5, 0.6) is 5.75 Å². The molecule has 2 aromatic carbocycles. The van der Waals surface area contributed by atoms with Crippen molar-refractivity contribution in [1.29, 1.82) is 0 Å². The van der Waals surface area contributed by atoms with Crippen LogP contribution in [0.2, 0.25) is 5.02 Å². The molecule has 0 saturated carbocycles. The molecule has 0 unspecified atom stereocenters. The molecule has 1 heterocycles. The van der Waals surface area contributed by atoms with Crippen LogP contribution in [0.1, 0.15) is 40.5 Å². The number of ether oxygens (including phenoxy) is 1. The number of hydrogen-bond donors (Lipinski definition) is 2. The number of benzene rings is 2. The number of anilines is 1. The maximum Gasteiger partial charge on any atom is 0.251 e. The van der Waals surface area contributed by atoms with E-state index >= 15 is 0 Å². The van der Waals surface area contributed by atoms with Gasteiger partial charge in [0.25, 0.3) is 5.91 Å². The highest BCUT2D eigenvalue weighted by Crippen LogP contribution is 2.24. The van der Waals surface area contributed by atoms with E-state index in [4.69, 9.17) is 16.3 Å². The molecule has 0 aliphatic carbocycles. The number of aromatic nitrogens is 1. The summed E-state index contributed by atoms with van der Waals surface area (Å²) in [6.07, 6.45) is 3.06. The molecular formula is C24H24ClN3O3S. The smallest absolute Gasteiger partial charge is 0.251 e. The van der Waals surface area contributed by atoms with Gasteiger partial charge in [0.1, 0.15) is 12.4 Å². The molecule has 3 rings (SSSR count). The highest BCUT2D eigenvalue weighted by molar-refractivity contribution is 7.09. The molecule has 2 N–H and O–H groups in total. The lowest BCUT2D eigenvalue weighted by Gasteiger charge is -2.11. The molecule has 0 radical (unpaired) electrons. The molecular weight excluding hydrogens is 446 g/mol. The second kappa shape index (κ2) is 10.9. The molecule has 0 aliphatic heterocycles. The minimum Gasteiger partial charge on any atom is -0.487 e. The lowest BCUT2D eigenvalue weighted by atomic mass is 10.1. The Kier molecular flexibility index (Phi) is 8.03. The fourth-order valence-electron chi connectivity index (χ4n) is 2.82. The standard InChI is InChI=1S/C24H24ClN3O3S/c1-15(2)26-24(30)18-8-10-20(25)21(12-18)28-23(29)11-9-17-6-4-5-7-22(17)31-13-19-14-32-16(3)27-19/h4-12,14-15H,13H2,1-3H3,(H,26,30)(H,28,29)/b11-9+. The van der Waals surface area contributed by atoms with E-state index in [0.717, 1.165) is 16.3 Å². The Morgan fingerprint density at radius 3 is 2.72 bits per heavy atom. The predicted octanol–water partition coefficient (Wildman–Crippen LogP) is 5.47. The average molecular weight is 470 g/mol. The summed E-state index contributed by atoms with van der Waals surface area (Å²) in [6, 6.07) is 12.2. The second-order valence-corrected chi connectivity index (χ2v) is 8.80. The number of nitrogens with one attached hydrogen (secondary N) is 2. The van der Waals surface area contributed by atoms with Crippen molar-refractivity contribution in [2.75, 3.05) is 5.32 Å². The predicted molar refractivity (Wildman–Crippen MR) is 129 cm³/mol. The third kappa shape index (κ3) is 6.67. The van der Waals surface area contributed by atoms with Crippen LogP contribution in [-0.4, -0.2) is 22.8 Å². The van der Waals surface area contributed by atoms with E-state index in [1.807, 2.05) is 50.4 Å². The lowest BCUT2D eigenvalue weighted by molar-refractivity contribution is -0.111. The van der Waals surface area contributed by atoms with Crippen molar-refractivity contribution in [2.24, 2.45) is 0 Å². The van der Waals surface area contributed by atoms with Crippen LogP contribution in [0.3, 0.4) is 0 Å². The number of thiazole rings is 1. The Labute approximate surface area is 196 Å². The Bertz CT molecular complexity index is 1140. The molecule has 166 valence electrons. The SMILES string of the molecule is Cc1nc(COc2ccccc2/C=C/C(=O)Nc2cc(C(=O)NC(C)C)ccc2Cl)cs1. The summed E-state index contributed by atoms with van der Waals surface area (Å²) < 4.78 is 5.88. The first-order valence-corrected chi connectivity index (χ1v) is 11.3. The number of para-hydroxylation sites is 1. The van der Waals surface area contributed by atoms with Crippen molar-refractivity contribution in [1.82, 2.24) is 10.3 Å². The average Bonchev–Trinajstić information content (AvgIpc) is 3.17. The van der Waals surface area contributed by atoms with E-state index < -0.39 is 0 Å². The van der Waals surface area contributed by atoms with E-state index in [-0.39, 0.29) is 17.9 Å². The summed E-state index contributed by atoms with van der Waals surface area (Å²) >= 11 is 7.77. The van der Waals surface area contributed by atoms with E-state index in [2.05, 4.69) is 15.6 Å². The monoisotopic (exact) mass is 469 g/mol. The molecule has 32 heavy (non-hydrogen) atoms. The Morgan fingerprint density at radius 2 is 2.00 bits per heavy atom. The molecule has 0 atom stereocenters. The van der Waals surface area contributed by atoms with Gasteiger partial charge in [-0.15, -0.1) is 11.3 Å². The normalized spacial score (nSPS) is 11.0. The largest absolute Gasteiger partial charge is 0.487 e. The Morgan fingerprint density at radius 1 is 1.22 bits per heavy atom. The van der Waals surface area contributed by atoms with E-state index in [9.17, 15) is 9.59 Å². The van der Waals surface area contributed by atoms with E-state index in [1.54, 1.807) is 35.6 Å². The number of carbonyl (C=O) groups is 2. The summed E-state index contributed by atoms with van der Waals surface area (Å²) in [4.78, 5) is 29.1. The van der Waals surface area contributed by atoms with E-state index in [0.29, 0.717) is 28.6 Å². The van der Waals surface area contributed by atoms with Crippen LogP contribution in [-0.2, 0) is 11.4 Å². The minimum atomic E-state index is -0.377. The quantitative estimate of drug-likeness (QED) is 0.428. The van der Waals surface area contributed by atoms with Crippen molar-refractivity contribution in [2.45, 2.75) is 33.4 Å². The first kappa shape index (κ1) is 23.5. The zero-order valence-corrected chi connectivity index (χ0v) is 19.6. The summed E-state index contributed by atoms with van der Waals surface area (Å²) in [6.45, 7) is 6.05. The lowest BCUT2D eigenvalue weighted by Crippen LogP contribution is -2.30. The zero-order valence-electron chi connectivity index (χ0n) is 18.0. The van der Waals surface area contributed by atoms with Crippen LogP contribution >= 0.6 is 22.9 Å². The number of aryl methyl sites for hydroxylation is 1. The zero-order chi connectivity index (χ0) is 23.1. The molecule has 3 aromatic rings. The van der Waals surface area contributed by atoms with Crippen LogP contribution in [0, 0.1) is 6.92 Å². The van der Waals surface area contributed by atoms with Crippen molar-refractivity contribution in [3.05, 3.63) is 80.8 Å². The van der Waals surface area contributed by atoms with Gasteiger partial charge in [0, 0.05) is 28.6 Å². The highest BCUT2D eigenvalue weighted by atomic mass is 35.5. The molecule has 0 aliphatic rings. The number of nitrogens with zero attached hydrogens (tertiary/aromatic N) is 1. The van der Waals surface area contributed by atoms with E-state index in [1.165, 1.54) is 6.08 Å². The maximum atomic E-state index is 12.5. The highest BCUT2D eigenvalue weighted by Gasteiger charge is 2.11. The van der Waals surface area contributed by atoms with Gasteiger partial charge in [0.15, 0.2) is 0 Å². The first-order chi connectivity index (χ1) is 15.3. The summed E-state index contributed by atoms with van der Waals surface area (Å²) in [7, 11) is 0. The van der Waals surface area contributed by atoms with Crippen LogP contribution < -0.4 is 15.4 Å². The van der Waals surface area contributed by atoms with Crippen LogP contribution in [0.4, 0.5) is 5.69 Å². The summed E-state index contributed by atoms with van der Waals surface area (Å²) in [5.74, 6) is 0.0370. The van der Waals surface area contributed by atoms with Crippen molar-refractivity contribution in [3.8, 4) is 5.75 Å². The molecule has 0 spiro atoms. The van der Waals surface area contributed by atoms with Gasteiger partial charge in [-0.05, 0) is 51.1 Å². The fraction of sp³-hybridized carbons (Fsp3) is 0.208. The number of halogens is 1. The number of rotatable bonds is 8.